The van der Waals surface area contributed by atoms with E-state index in [1.807, 2.05) is 0 Å². The molecule has 1 N–H and O–H groups in total. The van der Waals surface area contributed by atoms with Crippen molar-refractivity contribution in [3.05, 3.63) is 0 Å². The molecule has 0 aliphatic heterocycles. The van der Waals surface area contributed by atoms with Gasteiger partial charge in [-0.05, 0) is 49.9 Å². The second-order valence-electron chi connectivity index (χ2n) is 5.14. The lowest BCUT2D eigenvalue weighted by Crippen LogP contribution is -2.55. The van der Waals surface area contributed by atoms with Crippen LogP contribution in [0.4, 0.5) is 0 Å². The van der Waals surface area contributed by atoms with Crippen molar-refractivity contribution >= 4 is 11.6 Å². The van der Waals surface area contributed by atoms with E-state index >= 15 is 0 Å². The van der Waals surface area contributed by atoms with Gasteiger partial charge in [-0.1, -0.05) is 0 Å². The third-order valence-electron chi connectivity index (χ3n) is 4.13. The first-order chi connectivity index (χ1) is 5.66. The molecule has 0 aromatic carbocycles. The van der Waals surface area contributed by atoms with Crippen molar-refractivity contribution < 1.29 is 5.11 Å². The molecule has 0 aromatic heterocycles. The predicted molar refractivity (Wildman–Crippen MR) is 48.1 cm³/mol. The second-order valence-corrected chi connectivity index (χ2v) is 5.64. The molecule has 4 bridgehead atoms. The maximum atomic E-state index is 10.2. The van der Waals surface area contributed by atoms with Crippen LogP contribution < -0.4 is 0 Å². The molecular weight excluding hydrogens is 172 g/mol. The lowest BCUT2D eigenvalue weighted by molar-refractivity contribution is -0.121. The average molecular weight is 187 g/mol. The number of alkyl halides is 1. The molecule has 0 saturated heterocycles. The summed E-state index contributed by atoms with van der Waals surface area (Å²) in [4.78, 5) is 0. The molecule has 0 radical (unpaired) electrons. The monoisotopic (exact) mass is 186 g/mol. The van der Waals surface area contributed by atoms with E-state index in [0.717, 1.165) is 25.2 Å². The molecule has 4 rings (SSSR count). The van der Waals surface area contributed by atoms with Crippen LogP contribution in [0.5, 0.6) is 0 Å². The van der Waals surface area contributed by atoms with Gasteiger partial charge < -0.3 is 5.11 Å². The van der Waals surface area contributed by atoms with Crippen LogP contribution >= 0.6 is 11.6 Å². The Labute approximate surface area is 78.1 Å². The van der Waals surface area contributed by atoms with Crippen LogP contribution in [-0.2, 0) is 0 Å². The molecule has 4 aliphatic carbocycles. The van der Waals surface area contributed by atoms with Crippen LogP contribution in [-0.4, -0.2) is 16.1 Å². The standard InChI is InChI=1S/C10H15ClO/c11-9-7-1-6-2-8(9)5-10(12,3-6)4-7/h6-9,12H,1-5H2. The van der Waals surface area contributed by atoms with Crippen molar-refractivity contribution in [3.63, 3.8) is 0 Å². The lowest BCUT2D eigenvalue weighted by Gasteiger charge is -2.56. The molecular formula is C10H15ClO. The molecule has 0 heterocycles. The molecule has 0 amide bonds. The zero-order valence-electron chi connectivity index (χ0n) is 7.17. The highest BCUT2D eigenvalue weighted by Gasteiger charge is 2.54. The fourth-order valence-electron chi connectivity index (χ4n) is 3.92. The van der Waals surface area contributed by atoms with Gasteiger partial charge in [-0.3, -0.25) is 0 Å². The summed E-state index contributed by atoms with van der Waals surface area (Å²) >= 11 is 6.32. The summed E-state index contributed by atoms with van der Waals surface area (Å²) < 4.78 is 0. The minimum atomic E-state index is -0.304. The van der Waals surface area contributed by atoms with Crippen LogP contribution in [0.3, 0.4) is 0 Å². The number of hydrogen-bond acceptors (Lipinski definition) is 1. The summed E-state index contributed by atoms with van der Waals surface area (Å²) in [6.07, 6.45) is 5.59. The fourth-order valence-corrected chi connectivity index (χ4v) is 4.30. The van der Waals surface area contributed by atoms with Crippen molar-refractivity contribution in [2.75, 3.05) is 0 Å². The van der Waals surface area contributed by atoms with Gasteiger partial charge in [0.1, 0.15) is 0 Å². The van der Waals surface area contributed by atoms with E-state index in [-0.39, 0.29) is 5.60 Å². The average Bonchev–Trinajstić information content (AvgIpc) is 1.96. The Bertz CT molecular complexity index is 200. The molecule has 4 aliphatic rings. The number of hydrogen-bond donors (Lipinski definition) is 1. The molecule has 68 valence electrons. The highest BCUT2D eigenvalue weighted by atomic mass is 35.5. The SMILES string of the molecule is OC12CC3CC(C1)C(Cl)C(C3)C2. The van der Waals surface area contributed by atoms with Gasteiger partial charge >= 0.3 is 0 Å². The Hall–Kier alpha value is 0.250. The van der Waals surface area contributed by atoms with Gasteiger partial charge in [-0.2, -0.15) is 0 Å². The Morgan fingerprint density at radius 2 is 1.67 bits per heavy atom. The molecule has 12 heavy (non-hydrogen) atoms. The minimum absolute atomic E-state index is 0.304. The molecule has 4 saturated carbocycles. The van der Waals surface area contributed by atoms with Crippen LogP contribution in [0.25, 0.3) is 0 Å². The van der Waals surface area contributed by atoms with Crippen LogP contribution in [0.15, 0.2) is 0 Å². The fraction of sp³-hybridized carbons (Fsp3) is 1.00. The smallest absolute Gasteiger partial charge is 0.0656 e. The Morgan fingerprint density at radius 1 is 1.08 bits per heavy atom. The maximum Gasteiger partial charge on any atom is 0.0656 e. The number of aliphatic hydroxyl groups is 1. The van der Waals surface area contributed by atoms with Gasteiger partial charge in [0.15, 0.2) is 0 Å². The van der Waals surface area contributed by atoms with Crippen LogP contribution in [0, 0.1) is 17.8 Å². The molecule has 2 heteroatoms. The van der Waals surface area contributed by atoms with Gasteiger partial charge in [-0.25, -0.2) is 0 Å². The molecule has 0 spiro atoms. The Kier molecular flexibility index (Phi) is 1.39. The summed E-state index contributed by atoms with van der Waals surface area (Å²) in [5.74, 6) is 2.05. The molecule has 4 fully saturated rings. The zero-order chi connectivity index (χ0) is 8.34. The van der Waals surface area contributed by atoms with Crippen molar-refractivity contribution in [1.29, 1.82) is 0 Å². The van der Waals surface area contributed by atoms with E-state index in [1.165, 1.54) is 12.8 Å². The van der Waals surface area contributed by atoms with Gasteiger partial charge in [0, 0.05) is 5.38 Å². The van der Waals surface area contributed by atoms with Gasteiger partial charge in [0.05, 0.1) is 5.60 Å². The predicted octanol–water partition coefficient (Wildman–Crippen LogP) is 2.16. The van der Waals surface area contributed by atoms with E-state index in [4.69, 9.17) is 11.6 Å². The zero-order valence-corrected chi connectivity index (χ0v) is 7.93. The Morgan fingerprint density at radius 3 is 2.17 bits per heavy atom. The van der Waals surface area contributed by atoms with Crippen LogP contribution in [0.1, 0.15) is 32.1 Å². The topological polar surface area (TPSA) is 20.2 Å². The minimum Gasteiger partial charge on any atom is -0.390 e. The van der Waals surface area contributed by atoms with Gasteiger partial charge in [0.25, 0.3) is 0 Å². The lowest BCUT2D eigenvalue weighted by atomic mass is 9.54. The van der Waals surface area contributed by atoms with E-state index in [2.05, 4.69) is 0 Å². The highest BCUT2D eigenvalue weighted by molar-refractivity contribution is 6.21. The van der Waals surface area contributed by atoms with Gasteiger partial charge in [-0.15, -0.1) is 11.6 Å². The quantitative estimate of drug-likeness (QED) is 0.575. The summed E-state index contributed by atoms with van der Waals surface area (Å²) in [5, 5.41) is 10.5. The van der Waals surface area contributed by atoms with Crippen molar-refractivity contribution in [2.45, 2.75) is 43.1 Å². The first-order valence-electron chi connectivity index (χ1n) is 5.03. The summed E-state index contributed by atoms with van der Waals surface area (Å²) in [7, 11) is 0. The van der Waals surface area contributed by atoms with Crippen molar-refractivity contribution in [1.82, 2.24) is 0 Å². The molecule has 1 nitrogen and oxygen atoms in total. The first-order valence-corrected chi connectivity index (χ1v) is 5.46. The largest absolute Gasteiger partial charge is 0.390 e. The molecule has 2 unspecified atom stereocenters. The molecule has 2 atom stereocenters. The van der Waals surface area contributed by atoms with Crippen LogP contribution in [0.2, 0.25) is 0 Å². The van der Waals surface area contributed by atoms with E-state index in [1.54, 1.807) is 0 Å². The Balaban J connectivity index is 1.95. The number of halogens is 1. The summed E-state index contributed by atoms with van der Waals surface area (Å²) in [5.41, 5.74) is -0.304. The van der Waals surface area contributed by atoms with Crippen molar-refractivity contribution in [3.8, 4) is 0 Å². The van der Waals surface area contributed by atoms with Crippen molar-refractivity contribution in [2.24, 2.45) is 17.8 Å². The first kappa shape index (κ1) is 7.64. The third kappa shape index (κ3) is 0.898. The second kappa shape index (κ2) is 2.19. The number of rotatable bonds is 0. The highest BCUT2D eigenvalue weighted by Crippen LogP contribution is 2.57. The molecule has 0 aromatic rings. The van der Waals surface area contributed by atoms with E-state index in [0.29, 0.717) is 17.2 Å². The summed E-state index contributed by atoms with van der Waals surface area (Å²) in [6.45, 7) is 0. The maximum absolute atomic E-state index is 10.2. The normalized spacial score (nSPS) is 62.5. The van der Waals surface area contributed by atoms with Gasteiger partial charge in [0.2, 0.25) is 0 Å². The van der Waals surface area contributed by atoms with E-state index in [9.17, 15) is 5.11 Å². The van der Waals surface area contributed by atoms with E-state index < -0.39 is 0 Å². The summed E-state index contributed by atoms with van der Waals surface area (Å²) in [6, 6.07) is 0. The third-order valence-corrected chi connectivity index (χ3v) is 4.84.